The predicted molar refractivity (Wildman–Crippen MR) is 122 cm³/mol. The van der Waals surface area contributed by atoms with Crippen LogP contribution in [0.5, 0.6) is 0 Å². The Kier molecular flexibility index (Phi) is 5.88. The van der Waals surface area contributed by atoms with E-state index in [1.165, 1.54) is 37.8 Å². The molecule has 3 aromatic rings. The number of hydrogen-bond acceptors (Lipinski definition) is 1. The van der Waals surface area contributed by atoms with Crippen LogP contribution in [-0.4, -0.2) is 10.5 Å². The van der Waals surface area contributed by atoms with Crippen LogP contribution < -0.4 is 0 Å². The van der Waals surface area contributed by atoms with Crippen molar-refractivity contribution in [3.8, 4) is 0 Å². The molecule has 1 aliphatic carbocycles. The Morgan fingerprint density at radius 1 is 0.710 bits per heavy atom. The summed E-state index contributed by atoms with van der Waals surface area (Å²) in [6, 6.07) is 7.11. The summed E-state index contributed by atoms with van der Waals surface area (Å²) in [7, 11) is 0. The molecule has 31 heavy (non-hydrogen) atoms. The zero-order valence-electron chi connectivity index (χ0n) is 16.9. The van der Waals surface area contributed by atoms with Crippen molar-refractivity contribution in [3.05, 3.63) is 59.2 Å². The van der Waals surface area contributed by atoms with Crippen molar-refractivity contribution in [2.75, 3.05) is 6.61 Å². The molecule has 0 aromatic heterocycles. The first kappa shape index (κ1) is 21.4. The molecule has 6 heteroatoms. The minimum Gasteiger partial charge on any atom is -0.373 e. The second-order valence-corrected chi connectivity index (χ2v) is 10.6. The average molecular weight is 542 g/mol. The molecule has 2 unspecified atom stereocenters. The summed E-state index contributed by atoms with van der Waals surface area (Å²) in [5.74, 6) is -3.30. The van der Waals surface area contributed by atoms with Crippen molar-refractivity contribution in [2.24, 2.45) is 11.8 Å². The summed E-state index contributed by atoms with van der Waals surface area (Å²) in [6.45, 7) is 0.553. The Morgan fingerprint density at radius 3 is 2.06 bits per heavy atom. The fourth-order valence-electron chi connectivity index (χ4n) is 5.36. The molecule has 0 N–H and O–H groups in total. The van der Waals surface area contributed by atoms with Crippen LogP contribution in [0, 0.1) is 35.1 Å². The monoisotopic (exact) mass is 542 g/mol. The molecule has 1 heterocycles. The molecule has 0 spiro atoms. The zero-order chi connectivity index (χ0) is 21.7. The molecule has 5 rings (SSSR count). The van der Waals surface area contributed by atoms with E-state index in [2.05, 4.69) is 22.6 Å². The molecule has 1 saturated heterocycles. The van der Waals surface area contributed by atoms with Crippen LogP contribution in [-0.2, 0) is 4.74 Å². The topological polar surface area (TPSA) is 9.23 Å². The van der Waals surface area contributed by atoms with Gasteiger partial charge in [0.25, 0.3) is 0 Å². The van der Waals surface area contributed by atoms with E-state index in [1.807, 2.05) is 0 Å². The molecule has 1 nitrogen and oxygen atoms in total. The Hall–Kier alpha value is -1.41. The molecule has 0 amide bonds. The molecule has 2 fully saturated rings. The third-order valence-electron chi connectivity index (χ3n) is 7.11. The van der Waals surface area contributed by atoms with E-state index in [0.29, 0.717) is 35.6 Å². The lowest BCUT2D eigenvalue weighted by molar-refractivity contribution is -0.0396. The Labute approximate surface area is 192 Å². The van der Waals surface area contributed by atoms with E-state index >= 15 is 8.78 Å². The van der Waals surface area contributed by atoms with Gasteiger partial charge in [-0.2, -0.15) is 0 Å². The van der Waals surface area contributed by atoms with Gasteiger partial charge in [-0.05, 0) is 73.3 Å². The third kappa shape index (κ3) is 3.84. The minimum absolute atomic E-state index is 0.163. The summed E-state index contributed by atoms with van der Waals surface area (Å²) in [5.41, 5.74) is 0.163. The smallest absolute Gasteiger partial charge is 0.167 e. The van der Waals surface area contributed by atoms with Gasteiger partial charge in [0, 0.05) is 20.3 Å². The molecule has 2 aliphatic rings. The first-order chi connectivity index (χ1) is 14.9. The normalized spacial score (nSPS) is 27.1. The van der Waals surface area contributed by atoms with Crippen LogP contribution in [0.3, 0.4) is 0 Å². The summed E-state index contributed by atoms with van der Waals surface area (Å²) >= 11 is 2.52. The second-order valence-electron chi connectivity index (χ2n) is 8.89. The number of fused-ring (bicyclic) bond motifs is 3. The van der Waals surface area contributed by atoms with Crippen molar-refractivity contribution >= 4 is 44.1 Å². The maximum Gasteiger partial charge on any atom is 0.167 e. The van der Waals surface area contributed by atoms with Crippen LogP contribution in [0.15, 0.2) is 30.3 Å². The Morgan fingerprint density at radius 2 is 1.35 bits per heavy atom. The second kappa shape index (κ2) is 8.50. The van der Waals surface area contributed by atoms with Crippen LogP contribution in [0.2, 0.25) is 0 Å². The molecule has 1 saturated carbocycles. The van der Waals surface area contributed by atoms with Crippen molar-refractivity contribution in [1.82, 2.24) is 0 Å². The summed E-state index contributed by atoms with van der Waals surface area (Å²) in [6.07, 6.45) is 5.93. The quantitative estimate of drug-likeness (QED) is 0.138. The van der Waals surface area contributed by atoms with E-state index in [9.17, 15) is 8.78 Å². The highest BCUT2D eigenvalue weighted by atomic mass is 127. The highest BCUT2D eigenvalue weighted by Gasteiger charge is 2.33. The minimum atomic E-state index is -1.16. The lowest BCUT2D eigenvalue weighted by atomic mass is 9.77. The van der Waals surface area contributed by atoms with Gasteiger partial charge in [-0.3, -0.25) is 0 Å². The number of halogens is 5. The standard InChI is InChI=1S/C25H23F4IO/c26-19-9-5-14-1-2-15-11-18(23(27)25(29)22(15)21(14)24(19)28)20-10-6-16(12-31-20)13-3-7-17(30)8-4-13/h1-2,5,9,11,13,16-17,20H,3-4,6-8,10,12H2. The van der Waals surface area contributed by atoms with Gasteiger partial charge in [0.05, 0.1) is 12.7 Å². The number of rotatable bonds is 2. The lowest BCUT2D eigenvalue weighted by Crippen LogP contribution is -2.30. The average Bonchev–Trinajstić information content (AvgIpc) is 2.79. The van der Waals surface area contributed by atoms with Crippen molar-refractivity contribution in [3.63, 3.8) is 0 Å². The fraction of sp³-hybridized carbons (Fsp3) is 0.440. The first-order valence-corrected chi connectivity index (χ1v) is 12.1. The molecular formula is C25H23F4IO. The third-order valence-corrected chi connectivity index (χ3v) is 8.36. The maximum atomic E-state index is 15.1. The number of benzene rings is 3. The van der Waals surface area contributed by atoms with Crippen LogP contribution in [0.1, 0.15) is 50.2 Å². The van der Waals surface area contributed by atoms with Crippen molar-refractivity contribution < 1.29 is 22.3 Å². The highest BCUT2D eigenvalue weighted by Crippen LogP contribution is 2.42. The molecule has 1 aliphatic heterocycles. The van der Waals surface area contributed by atoms with E-state index < -0.39 is 29.4 Å². The SMILES string of the molecule is Fc1ccc2ccc3cc(C4CCC(C5CCC(I)CC5)CO4)c(F)c(F)c3c2c1F. The van der Waals surface area contributed by atoms with Gasteiger partial charge in [0.15, 0.2) is 23.3 Å². The first-order valence-electron chi connectivity index (χ1n) is 10.9. The van der Waals surface area contributed by atoms with Gasteiger partial charge in [-0.25, -0.2) is 17.6 Å². The predicted octanol–water partition coefficient (Wildman–Crippen LogP) is 8.01. The van der Waals surface area contributed by atoms with Crippen molar-refractivity contribution in [1.29, 1.82) is 0 Å². The number of hydrogen-bond donors (Lipinski definition) is 0. The molecule has 2 atom stereocenters. The molecule has 0 radical (unpaired) electrons. The van der Waals surface area contributed by atoms with Gasteiger partial charge in [-0.15, -0.1) is 0 Å². The van der Waals surface area contributed by atoms with Gasteiger partial charge < -0.3 is 4.74 Å². The van der Waals surface area contributed by atoms with Crippen molar-refractivity contribution in [2.45, 2.75) is 48.6 Å². The van der Waals surface area contributed by atoms with Gasteiger partial charge in [-0.1, -0.05) is 40.8 Å². The van der Waals surface area contributed by atoms with E-state index in [1.54, 1.807) is 12.1 Å². The van der Waals surface area contributed by atoms with E-state index in [0.717, 1.165) is 16.4 Å². The summed E-state index contributed by atoms with van der Waals surface area (Å²) in [4.78, 5) is 0. The van der Waals surface area contributed by atoms with Crippen LogP contribution in [0.4, 0.5) is 17.6 Å². The lowest BCUT2D eigenvalue weighted by Gasteiger charge is -2.37. The highest BCUT2D eigenvalue weighted by molar-refractivity contribution is 14.1. The zero-order valence-corrected chi connectivity index (χ0v) is 19.1. The number of ether oxygens (including phenoxy) is 1. The number of alkyl halides is 1. The summed E-state index contributed by atoms with van der Waals surface area (Å²) < 4.78 is 65.3. The largest absolute Gasteiger partial charge is 0.373 e. The molecule has 0 bridgehead atoms. The maximum absolute atomic E-state index is 15.1. The van der Waals surface area contributed by atoms with E-state index in [4.69, 9.17) is 4.74 Å². The van der Waals surface area contributed by atoms with Gasteiger partial charge >= 0.3 is 0 Å². The van der Waals surface area contributed by atoms with Gasteiger partial charge in [0.2, 0.25) is 0 Å². The summed E-state index contributed by atoms with van der Waals surface area (Å²) in [5, 5.41) is 0.225. The molecule has 164 valence electrons. The molecule has 3 aromatic carbocycles. The van der Waals surface area contributed by atoms with Gasteiger partial charge in [0.1, 0.15) is 0 Å². The van der Waals surface area contributed by atoms with E-state index in [-0.39, 0.29) is 16.3 Å². The van der Waals surface area contributed by atoms with Crippen LogP contribution in [0.25, 0.3) is 21.5 Å². The molecular weight excluding hydrogens is 519 g/mol. The Bertz CT molecular complexity index is 1130. The van der Waals surface area contributed by atoms with Crippen LogP contribution >= 0.6 is 22.6 Å². The fourth-order valence-corrected chi connectivity index (χ4v) is 6.08. The Balaban J connectivity index is 1.45.